The molecule has 0 bridgehead atoms. The number of benzene rings is 1. The van der Waals surface area contributed by atoms with Crippen molar-refractivity contribution in [2.75, 3.05) is 11.9 Å². The van der Waals surface area contributed by atoms with Gasteiger partial charge >= 0.3 is 0 Å². The Labute approximate surface area is 121 Å². The summed E-state index contributed by atoms with van der Waals surface area (Å²) in [7, 11) is 1.68. The van der Waals surface area contributed by atoms with E-state index in [2.05, 4.69) is 4.98 Å². The van der Waals surface area contributed by atoms with Crippen molar-refractivity contribution in [2.45, 2.75) is 6.92 Å². The van der Waals surface area contributed by atoms with Crippen LogP contribution in [-0.2, 0) is 0 Å². The van der Waals surface area contributed by atoms with Crippen molar-refractivity contribution in [3.8, 4) is 0 Å². The lowest BCUT2D eigenvalue weighted by atomic mass is 10.2. The van der Waals surface area contributed by atoms with Crippen LogP contribution in [0.3, 0.4) is 0 Å². The number of halogens is 2. The van der Waals surface area contributed by atoms with Crippen LogP contribution in [0, 0.1) is 6.92 Å². The van der Waals surface area contributed by atoms with Gasteiger partial charge in [-0.05, 0) is 36.8 Å². The fourth-order valence-corrected chi connectivity index (χ4v) is 2.01. The van der Waals surface area contributed by atoms with Gasteiger partial charge in [-0.15, -0.1) is 0 Å². The monoisotopic (exact) mass is 294 g/mol. The van der Waals surface area contributed by atoms with Crippen LogP contribution in [0.15, 0.2) is 36.4 Å². The quantitative estimate of drug-likeness (QED) is 0.785. The molecule has 1 aromatic heterocycles. The SMILES string of the molecule is Cc1cccc(N(C)C(=O)c2nc(Cl)ccc2Cl)c1. The van der Waals surface area contributed by atoms with Gasteiger partial charge < -0.3 is 4.90 Å². The van der Waals surface area contributed by atoms with Crippen LogP contribution in [0.1, 0.15) is 16.1 Å². The molecule has 3 nitrogen and oxygen atoms in total. The van der Waals surface area contributed by atoms with Gasteiger partial charge in [-0.2, -0.15) is 0 Å². The van der Waals surface area contributed by atoms with E-state index in [0.29, 0.717) is 0 Å². The van der Waals surface area contributed by atoms with Crippen molar-refractivity contribution in [2.24, 2.45) is 0 Å². The summed E-state index contributed by atoms with van der Waals surface area (Å²) >= 11 is 11.8. The molecule has 5 heteroatoms. The molecule has 0 saturated carbocycles. The van der Waals surface area contributed by atoms with E-state index in [1.165, 1.54) is 4.90 Å². The van der Waals surface area contributed by atoms with Gasteiger partial charge in [0.15, 0.2) is 0 Å². The summed E-state index contributed by atoms with van der Waals surface area (Å²) in [6, 6.07) is 10.7. The number of anilines is 1. The summed E-state index contributed by atoms with van der Waals surface area (Å²) in [4.78, 5) is 17.8. The summed E-state index contributed by atoms with van der Waals surface area (Å²) in [5.41, 5.74) is 2.00. The summed E-state index contributed by atoms with van der Waals surface area (Å²) in [5.74, 6) is -0.293. The molecule has 0 spiro atoms. The zero-order valence-electron chi connectivity index (χ0n) is 10.5. The van der Waals surface area contributed by atoms with Gasteiger partial charge in [-0.1, -0.05) is 35.3 Å². The Hall–Kier alpha value is -1.58. The third-order valence-electron chi connectivity index (χ3n) is 2.71. The van der Waals surface area contributed by atoms with Gasteiger partial charge in [0.25, 0.3) is 5.91 Å². The molecule has 1 heterocycles. The second-order valence-corrected chi connectivity index (χ2v) is 4.96. The molecule has 0 radical (unpaired) electrons. The Bertz CT molecular complexity index is 629. The molecular formula is C14H12Cl2N2O. The second kappa shape index (κ2) is 5.59. The van der Waals surface area contributed by atoms with Crippen LogP contribution in [0.5, 0.6) is 0 Å². The lowest BCUT2D eigenvalue weighted by molar-refractivity contribution is 0.0988. The van der Waals surface area contributed by atoms with E-state index < -0.39 is 0 Å². The first-order valence-electron chi connectivity index (χ1n) is 5.66. The molecule has 2 rings (SSSR count). The molecule has 1 aromatic carbocycles. The van der Waals surface area contributed by atoms with Crippen LogP contribution < -0.4 is 4.90 Å². The average Bonchev–Trinajstić information content (AvgIpc) is 2.40. The lowest BCUT2D eigenvalue weighted by Gasteiger charge is -2.18. The highest BCUT2D eigenvalue weighted by molar-refractivity contribution is 6.35. The molecule has 2 aromatic rings. The predicted molar refractivity (Wildman–Crippen MR) is 78.2 cm³/mol. The molecular weight excluding hydrogens is 283 g/mol. The number of carbonyl (C=O) groups excluding carboxylic acids is 1. The minimum Gasteiger partial charge on any atom is -0.310 e. The summed E-state index contributed by atoms with van der Waals surface area (Å²) in [6.07, 6.45) is 0. The summed E-state index contributed by atoms with van der Waals surface area (Å²) in [5, 5.41) is 0.527. The number of aryl methyl sites for hydroxylation is 1. The van der Waals surface area contributed by atoms with Crippen molar-refractivity contribution < 1.29 is 4.79 Å². The predicted octanol–water partition coefficient (Wildman–Crippen LogP) is 3.97. The molecule has 19 heavy (non-hydrogen) atoms. The average molecular weight is 295 g/mol. The Morgan fingerprint density at radius 1 is 1.21 bits per heavy atom. The van der Waals surface area contributed by atoms with Crippen molar-refractivity contribution in [1.29, 1.82) is 0 Å². The molecule has 0 aliphatic heterocycles. The normalized spacial score (nSPS) is 10.3. The number of rotatable bonds is 2. The molecule has 0 aliphatic rings. The highest BCUT2D eigenvalue weighted by Gasteiger charge is 2.18. The highest BCUT2D eigenvalue weighted by atomic mass is 35.5. The smallest absolute Gasteiger partial charge is 0.278 e. The van der Waals surface area contributed by atoms with Crippen molar-refractivity contribution in [3.05, 3.63) is 57.8 Å². The fraction of sp³-hybridized carbons (Fsp3) is 0.143. The van der Waals surface area contributed by atoms with Crippen molar-refractivity contribution in [3.63, 3.8) is 0 Å². The molecule has 0 atom stereocenters. The van der Waals surface area contributed by atoms with E-state index in [-0.39, 0.29) is 21.8 Å². The summed E-state index contributed by atoms with van der Waals surface area (Å²) < 4.78 is 0. The molecule has 1 amide bonds. The number of hydrogen-bond acceptors (Lipinski definition) is 2. The zero-order chi connectivity index (χ0) is 14.0. The Balaban J connectivity index is 2.36. The Morgan fingerprint density at radius 2 is 1.95 bits per heavy atom. The maximum Gasteiger partial charge on any atom is 0.278 e. The van der Waals surface area contributed by atoms with Crippen molar-refractivity contribution in [1.82, 2.24) is 4.98 Å². The third kappa shape index (κ3) is 3.06. The van der Waals surface area contributed by atoms with Crippen LogP contribution in [0.2, 0.25) is 10.2 Å². The van der Waals surface area contributed by atoms with Gasteiger partial charge in [-0.25, -0.2) is 4.98 Å². The van der Waals surface area contributed by atoms with Crippen LogP contribution in [0.25, 0.3) is 0 Å². The van der Waals surface area contributed by atoms with Gasteiger partial charge in [0.05, 0.1) is 5.02 Å². The van der Waals surface area contributed by atoms with E-state index in [1.54, 1.807) is 19.2 Å². The molecule has 0 aliphatic carbocycles. The number of carbonyl (C=O) groups is 1. The Kier molecular flexibility index (Phi) is 4.08. The first-order valence-corrected chi connectivity index (χ1v) is 6.41. The first kappa shape index (κ1) is 13.8. The minimum absolute atomic E-state index is 0.151. The maximum atomic E-state index is 12.3. The molecule has 0 unspecified atom stereocenters. The standard InChI is InChI=1S/C14H12Cl2N2O/c1-9-4-3-5-10(8-9)18(2)14(19)13-11(15)6-7-12(16)17-13/h3-8H,1-2H3. The molecule has 0 saturated heterocycles. The third-order valence-corrected chi connectivity index (χ3v) is 3.22. The van der Waals surface area contributed by atoms with Crippen LogP contribution in [-0.4, -0.2) is 17.9 Å². The molecule has 0 fully saturated rings. The number of aromatic nitrogens is 1. The Morgan fingerprint density at radius 3 is 2.63 bits per heavy atom. The number of nitrogens with zero attached hydrogens (tertiary/aromatic N) is 2. The summed E-state index contributed by atoms with van der Waals surface area (Å²) in [6.45, 7) is 1.96. The second-order valence-electron chi connectivity index (χ2n) is 4.17. The van der Waals surface area contributed by atoms with E-state index in [1.807, 2.05) is 31.2 Å². The minimum atomic E-state index is -0.293. The number of hydrogen-bond donors (Lipinski definition) is 0. The van der Waals surface area contributed by atoms with E-state index >= 15 is 0 Å². The molecule has 98 valence electrons. The lowest BCUT2D eigenvalue weighted by Crippen LogP contribution is -2.27. The largest absolute Gasteiger partial charge is 0.310 e. The van der Waals surface area contributed by atoms with Crippen molar-refractivity contribution >= 4 is 34.8 Å². The fourth-order valence-electron chi connectivity index (χ4n) is 1.68. The van der Waals surface area contributed by atoms with Crippen LogP contribution >= 0.6 is 23.2 Å². The first-order chi connectivity index (χ1) is 8.99. The van der Waals surface area contributed by atoms with E-state index in [0.717, 1.165) is 11.3 Å². The van der Waals surface area contributed by atoms with E-state index in [9.17, 15) is 4.79 Å². The highest BCUT2D eigenvalue weighted by Crippen LogP contribution is 2.21. The van der Waals surface area contributed by atoms with Gasteiger partial charge in [0.1, 0.15) is 10.8 Å². The van der Waals surface area contributed by atoms with Gasteiger partial charge in [0.2, 0.25) is 0 Å². The van der Waals surface area contributed by atoms with Gasteiger partial charge in [0, 0.05) is 12.7 Å². The maximum absolute atomic E-state index is 12.3. The molecule has 0 N–H and O–H groups in total. The van der Waals surface area contributed by atoms with Gasteiger partial charge in [-0.3, -0.25) is 4.79 Å². The topological polar surface area (TPSA) is 33.2 Å². The van der Waals surface area contributed by atoms with Crippen LogP contribution in [0.4, 0.5) is 5.69 Å². The number of pyridine rings is 1. The zero-order valence-corrected chi connectivity index (χ0v) is 12.0. The number of amides is 1. The van der Waals surface area contributed by atoms with E-state index in [4.69, 9.17) is 23.2 Å².